The zero-order chi connectivity index (χ0) is 28.3. The molecule has 1 saturated carbocycles. The maximum atomic E-state index is 12.8. The van der Waals surface area contributed by atoms with E-state index >= 15 is 0 Å². The molecule has 38 heavy (non-hydrogen) atoms. The highest BCUT2D eigenvalue weighted by molar-refractivity contribution is 5.81. The first-order valence-electron chi connectivity index (χ1n) is 12.5. The molecule has 11 heteroatoms. The molecule has 3 N–H and O–H groups in total. The Morgan fingerprint density at radius 3 is 2.58 bits per heavy atom. The molecule has 1 fully saturated rings. The number of aliphatic hydroxyl groups is 3. The summed E-state index contributed by atoms with van der Waals surface area (Å²) < 4.78 is 53.0. The van der Waals surface area contributed by atoms with E-state index in [2.05, 4.69) is 4.74 Å². The van der Waals surface area contributed by atoms with E-state index in [0.29, 0.717) is 19.3 Å². The minimum absolute atomic E-state index is 0.0321. The third-order valence-corrected chi connectivity index (χ3v) is 5.91. The van der Waals surface area contributed by atoms with Crippen LogP contribution in [-0.2, 0) is 20.4 Å². The van der Waals surface area contributed by atoms with Gasteiger partial charge in [0.1, 0.15) is 18.5 Å². The van der Waals surface area contributed by atoms with Crippen LogP contribution in [0.2, 0.25) is 0 Å². The quantitative estimate of drug-likeness (QED) is 0.152. The Balaban J connectivity index is 1.79. The van der Waals surface area contributed by atoms with Gasteiger partial charge in [-0.2, -0.15) is 13.2 Å². The van der Waals surface area contributed by atoms with Gasteiger partial charge in [-0.3, -0.25) is 4.79 Å². The number of esters is 1. The van der Waals surface area contributed by atoms with Crippen molar-refractivity contribution in [3.8, 4) is 5.75 Å². The van der Waals surface area contributed by atoms with Gasteiger partial charge in [0.25, 0.3) is 0 Å². The molecule has 1 aromatic rings. The van der Waals surface area contributed by atoms with Crippen LogP contribution in [0.15, 0.2) is 48.6 Å². The number of aliphatic hydroxyl groups excluding tert-OH is 3. The normalized spacial score (nSPS) is 22.8. The molecule has 8 nitrogen and oxygen atoms in total. The van der Waals surface area contributed by atoms with Gasteiger partial charge in [0.15, 0.2) is 0 Å². The SMILES string of the molecule is CC(C)OC(=O)OC(=O)CCC/C=C\C[C@@H]1[C@@H](/C=C/[C@@H](O)COc2cccc(C(F)(F)F)c2)[C@H](O)C[C@@H]1O. The lowest BCUT2D eigenvalue weighted by Crippen LogP contribution is -2.21. The van der Waals surface area contributed by atoms with E-state index in [1.807, 2.05) is 12.2 Å². The highest BCUT2D eigenvalue weighted by Gasteiger charge is 2.39. The first-order chi connectivity index (χ1) is 17.9. The van der Waals surface area contributed by atoms with Gasteiger partial charge in [-0.05, 0) is 57.2 Å². The number of carbonyl (C=O) groups is 2. The van der Waals surface area contributed by atoms with Crippen LogP contribution < -0.4 is 4.74 Å². The van der Waals surface area contributed by atoms with E-state index in [1.54, 1.807) is 19.9 Å². The monoisotopic (exact) mass is 544 g/mol. The molecule has 2 rings (SSSR count). The van der Waals surface area contributed by atoms with Gasteiger partial charge in [-0.15, -0.1) is 0 Å². The fourth-order valence-corrected chi connectivity index (χ4v) is 4.06. The van der Waals surface area contributed by atoms with E-state index in [4.69, 9.17) is 9.47 Å². The van der Waals surface area contributed by atoms with Gasteiger partial charge >= 0.3 is 18.3 Å². The van der Waals surface area contributed by atoms with E-state index < -0.39 is 48.1 Å². The zero-order valence-corrected chi connectivity index (χ0v) is 21.3. The third kappa shape index (κ3) is 10.8. The molecule has 212 valence electrons. The minimum Gasteiger partial charge on any atom is -0.491 e. The second-order valence-corrected chi connectivity index (χ2v) is 9.39. The summed E-state index contributed by atoms with van der Waals surface area (Å²) in [5.41, 5.74) is -0.856. The lowest BCUT2D eigenvalue weighted by Gasteiger charge is -2.19. The summed E-state index contributed by atoms with van der Waals surface area (Å²) in [7, 11) is 0. The molecule has 0 radical (unpaired) electrons. The first kappa shape index (κ1) is 31.3. The average Bonchev–Trinajstić information content (AvgIpc) is 3.09. The molecule has 5 atom stereocenters. The van der Waals surface area contributed by atoms with Gasteiger partial charge in [0, 0.05) is 18.8 Å². The molecule has 1 aliphatic carbocycles. The average molecular weight is 545 g/mol. The van der Waals surface area contributed by atoms with Crippen LogP contribution in [0, 0.1) is 11.8 Å². The van der Waals surface area contributed by atoms with Crippen LogP contribution in [0.25, 0.3) is 0 Å². The summed E-state index contributed by atoms with van der Waals surface area (Å²) in [5.74, 6) is -1.47. The predicted octanol–water partition coefficient (Wildman–Crippen LogP) is 4.56. The van der Waals surface area contributed by atoms with Crippen molar-refractivity contribution in [2.45, 2.75) is 76.5 Å². The lowest BCUT2D eigenvalue weighted by molar-refractivity contribution is -0.140. The van der Waals surface area contributed by atoms with Gasteiger partial charge in [-0.25, -0.2) is 4.79 Å². The number of unbranched alkanes of at least 4 members (excludes halogenated alkanes) is 1. The number of carbonyl (C=O) groups excluding carboxylic acids is 2. The molecule has 0 unspecified atom stereocenters. The van der Waals surface area contributed by atoms with Crippen molar-refractivity contribution < 1.29 is 52.3 Å². The maximum Gasteiger partial charge on any atom is 0.516 e. The Morgan fingerprint density at radius 1 is 1.16 bits per heavy atom. The van der Waals surface area contributed by atoms with E-state index in [1.165, 1.54) is 18.2 Å². The zero-order valence-electron chi connectivity index (χ0n) is 21.3. The smallest absolute Gasteiger partial charge is 0.491 e. The van der Waals surface area contributed by atoms with Crippen LogP contribution in [0.4, 0.5) is 18.0 Å². The summed E-state index contributed by atoms with van der Waals surface area (Å²) in [4.78, 5) is 22.9. The van der Waals surface area contributed by atoms with Crippen molar-refractivity contribution in [1.82, 2.24) is 0 Å². The highest BCUT2D eigenvalue weighted by Crippen LogP contribution is 2.36. The Bertz CT molecular complexity index is 960. The number of allylic oxidation sites excluding steroid dienone is 2. The molecule has 0 bridgehead atoms. The lowest BCUT2D eigenvalue weighted by atomic mass is 9.89. The molecule has 1 aliphatic rings. The maximum absolute atomic E-state index is 12.8. The Hall–Kier alpha value is -2.89. The largest absolute Gasteiger partial charge is 0.516 e. The fraction of sp³-hybridized carbons (Fsp3) is 0.556. The first-order valence-corrected chi connectivity index (χ1v) is 12.5. The molecular formula is C27H35F3O8. The molecule has 0 aromatic heterocycles. The minimum atomic E-state index is -4.50. The second-order valence-electron chi connectivity index (χ2n) is 9.39. The number of alkyl halides is 3. The molecular weight excluding hydrogens is 509 g/mol. The van der Waals surface area contributed by atoms with Crippen molar-refractivity contribution in [3.63, 3.8) is 0 Å². The van der Waals surface area contributed by atoms with Crippen LogP contribution in [0.3, 0.4) is 0 Å². The number of ether oxygens (including phenoxy) is 3. The molecule has 0 amide bonds. The molecule has 0 spiro atoms. The summed E-state index contributed by atoms with van der Waals surface area (Å²) in [6.45, 7) is 2.99. The summed E-state index contributed by atoms with van der Waals surface area (Å²) >= 11 is 0. The van der Waals surface area contributed by atoms with Crippen molar-refractivity contribution in [1.29, 1.82) is 0 Å². The van der Waals surface area contributed by atoms with Crippen molar-refractivity contribution in [2.75, 3.05) is 6.61 Å². The number of hydrogen-bond acceptors (Lipinski definition) is 8. The Labute approximate surface area is 219 Å². The van der Waals surface area contributed by atoms with Crippen molar-refractivity contribution in [2.24, 2.45) is 11.8 Å². The summed E-state index contributed by atoms with van der Waals surface area (Å²) in [6.07, 6.45) is -0.367. The van der Waals surface area contributed by atoms with Crippen LogP contribution in [0.5, 0.6) is 5.75 Å². The summed E-state index contributed by atoms with van der Waals surface area (Å²) in [5, 5.41) is 30.9. The van der Waals surface area contributed by atoms with Gasteiger partial charge in [-0.1, -0.05) is 30.4 Å². The van der Waals surface area contributed by atoms with Crippen LogP contribution in [0.1, 0.15) is 51.5 Å². The topological polar surface area (TPSA) is 123 Å². The Kier molecular flexibility index (Phi) is 12.3. The van der Waals surface area contributed by atoms with E-state index in [9.17, 15) is 38.1 Å². The molecule has 0 heterocycles. The standard InChI is InChI=1S/C27H35F3O8/c1-17(2)37-26(35)38-25(34)11-6-4-3-5-10-21-22(24(33)15-23(21)32)13-12-19(31)16-36-20-9-7-8-18(14-20)27(28,29)30/h3,5,7-9,12-14,17,19,21-24,31-33H,4,6,10-11,15-16H2,1-2H3/b5-3-,13-12+/t19-,21-,22-,23+,24-/m1/s1. The second kappa shape index (κ2) is 14.9. The number of halogens is 3. The van der Waals surface area contributed by atoms with E-state index in [-0.39, 0.29) is 37.2 Å². The predicted molar refractivity (Wildman–Crippen MR) is 131 cm³/mol. The molecule has 0 saturated heterocycles. The van der Waals surface area contributed by atoms with Crippen molar-refractivity contribution in [3.05, 3.63) is 54.1 Å². The number of hydrogen-bond donors (Lipinski definition) is 3. The number of benzene rings is 1. The van der Waals surface area contributed by atoms with Gasteiger partial charge < -0.3 is 29.5 Å². The fourth-order valence-electron chi connectivity index (χ4n) is 4.06. The van der Waals surface area contributed by atoms with Gasteiger partial charge in [0.2, 0.25) is 0 Å². The highest BCUT2D eigenvalue weighted by atomic mass is 19.4. The van der Waals surface area contributed by atoms with Crippen LogP contribution >= 0.6 is 0 Å². The van der Waals surface area contributed by atoms with Crippen molar-refractivity contribution >= 4 is 12.1 Å². The molecule has 1 aromatic carbocycles. The van der Waals surface area contributed by atoms with Crippen LogP contribution in [-0.4, -0.2) is 58.5 Å². The third-order valence-electron chi connectivity index (χ3n) is 5.91. The van der Waals surface area contributed by atoms with E-state index in [0.717, 1.165) is 12.1 Å². The Morgan fingerprint density at radius 2 is 1.89 bits per heavy atom. The van der Waals surface area contributed by atoms with Gasteiger partial charge in [0.05, 0.1) is 23.9 Å². The summed E-state index contributed by atoms with van der Waals surface area (Å²) in [6, 6.07) is 4.34. The number of rotatable bonds is 12. The molecule has 0 aliphatic heterocycles.